The van der Waals surface area contributed by atoms with Crippen LogP contribution < -0.4 is 4.74 Å². The first kappa shape index (κ1) is 20.0. The van der Waals surface area contributed by atoms with Crippen molar-refractivity contribution < 1.29 is 14.2 Å². The van der Waals surface area contributed by atoms with Crippen molar-refractivity contribution in [3.63, 3.8) is 0 Å². The molecule has 0 heterocycles. The minimum Gasteiger partial charge on any atom is -0.491 e. The Labute approximate surface area is 142 Å². The van der Waals surface area contributed by atoms with Crippen molar-refractivity contribution in [2.45, 2.75) is 47.5 Å². The molecule has 1 aromatic rings. The third-order valence-electron chi connectivity index (χ3n) is 3.87. The SMILES string of the molecule is COCCOCCOc1ccc(C(C(C)(C)C)C(C)(C)C)cc1. The van der Waals surface area contributed by atoms with Crippen molar-refractivity contribution in [2.24, 2.45) is 10.8 Å². The third-order valence-corrected chi connectivity index (χ3v) is 3.87. The molecule has 132 valence electrons. The van der Waals surface area contributed by atoms with Crippen LogP contribution >= 0.6 is 0 Å². The minimum atomic E-state index is 0.218. The Hall–Kier alpha value is -1.06. The largest absolute Gasteiger partial charge is 0.491 e. The van der Waals surface area contributed by atoms with Crippen LogP contribution in [0.2, 0.25) is 0 Å². The Balaban J connectivity index is 2.61. The predicted molar refractivity (Wildman–Crippen MR) is 96.3 cm³/mol. The van der Waals surface area contributed by atoms with E-state index in [4.69, 9.17) is 14.2 Å². The van der Waals surface area contributed by atoms with Gasteiger partial charge in [0.2, 0.25) is 0 Å². The van der Waals surface area contributed by atoms with E-state index < -0.39 is 0 Å². The van der Waals surface area contributed by atoms with E-state index in [9.17, 15) is 0 Å². The number of hydrogen-bond acceptors (Lipinski definition) is 3. The fraction of sp³-hybridized carbons (Fsp3) is 0.700. The molecule has 0 bridgehead atoms. The summed E-state index contributed by atoms with van der Waals surface area (Å²) in [6, 6.07) is 8.52. The van der Waals surface area contributed by atoms with E-state index in [2.05, 4.69) is 65.8 Å². The molecule has 1 rings (SSSR count). The molecule has 0 aromatic heterocycles. The van der Waals surface area contributed by atoms with Crippen LogP contribution in [-0.2, 0) is 9.47 Å². The molecule has 3 nitrogen and oxygen atoms in total. The molecule has 0 saturated carbocycles. The van der Waals surface area contributed by atoms with E-state index in [1.165, 1.54) is 5.56 Å². The summed E-state index contributed by atoms with van der Waals surface area (Å²) in [6.45, 7) is 16.2. The molecule has 0 amide bonds. The lowest BCUT2D eigenvalue weighted by atomic mass is 9.64. The van der Waals surface area contributed by atoms with Crippen LogP contribution in [0.1, 0.15) is 53.0 Å². The maximum Gasteiger partial charge on any atom is 0.119 e. The van der Waals surface area contributed by atoms with Gasteiger partial charge in [0, 0.05) is 7.11 Å². The van der Waals surface area contributed by atoms with E-state index in [1.54, 1.807) is 7.11 Å². The fourth-order valence-electron chi connectivity index (χ4n) is 3.52. The first-order chi connectivity index (χ1) is 10.7. The number of ether oxygens (including phenoxy) is 3. The van der Waals surface area contributed by atoms with Crippen molar-refractivity contribution in [1.29, 1.82) is 0 Å². The highest BCUT2D eigenvalue weighted by atomic mass is 16.5. The number of methoxy groups -OCH3 is 1. The molecular weight excluding hydrogens is 288 g/mol. The molecule has 3 heteroatoms. The zero-order chi connectivity index (χ0) is 17.5. The Morgan fingerprint density at radius 1 is 0.783 bits per heavy atom. The Morgan fingerprint density at radius 2 is 1.30 bits per heavy atom. The first-order valence-electron chi connectivity index (χ1n) is 8.45. The summed E-state index contributed by atoms with van der Waals surface area (Å²) in [5.74, 6) is 1.38. The van der Waals surface area contributed by atoms with Gasteiger partial charge in [0.05, 0.1) is 19.8 Å². The van der Waals surface area contributed by atoms with E-state index in [-0.39, 0.29) is 10.8 Å². The topological polar surface area (TPSA) is 27.7 Å². The van der Waals surface area contributed by atoms with Crippen LogP contribution in [0.15, 0.2) is 24.3 Å². The Morgan fingerprint density at radius 3 is 1.78 bits per heavy atom. The minimum absolute atomic E-state index is 0.218. The van der Waals surface area contributed by atoms with Gasteiger partial charge >= 0.3 is 0 Å². The first-order valence-corrected chi connectivity index (χ1v) is 8.45. The van der Waals surface area contributed by atoms with Crippen LogP contribution in [0.3, 0.4) is 0 Å². The molecule has 0 atom stereocenters. The maximum atomic E-state index is 5.73. The summed E-state index contributed by atoms with van der Waals surface area (Å²) in [5, 5.41) is 0. The molecule has 0 aliphatic rings. The van der Waals surface area contributed by atoms with Crippen molar-refractivity contribution in [1.82, 2.24) is 0 Å². The summed E-state index contributed by atoms with van der Waals surface area (Å²) in [5.41, 5.74) is 1.81. The Kier molecular flexibility index (Phi) is 7.56. The molecule has 0 aliphatic heterocycles. The predicted octanol–water partition coefficient (Wildman–Crippen LogP) is 4.90. The molecule has 0 saturated heterocycles. The quantitative estimate of drug-likeness (QED) is 0.637. The second-order valence-electron chi connectivity index (χ2n) is 8.19. The van der Waals surface area contributed by atoms with Crippen LogP contribution in [0, 0.1) is 10.8 Å². The summed E-state index contributed by atoms with van der Waals surface area (Å²) < 4.78 is 16.1. The second kappa shape index (κ2) is 8.70. The molecule has 23 heavy (non-hydrogen) atoms. The summed E-state index contributed by atoms with van der Waals surface area (Å²) in [7, 11) is 1.67. The van der Waals surface area contributed by atoms with Gasteiger partial charge in [-0.05, 0) is 34.4 Å². The van der Waals surface area contributed by atoms with E-state index in [1.807, 2.05) is 0 Å². The van der Waals surface area contributed by atoms with Crippen molar-refractivity contribution in [3.05, 3.63) is 29.8 Å². The van der Waals surface area contributed by atoms with Gasteiger partial charge < -0.3 is 14.2 Å². The van der Waals surface area contributed by atoms with E-state index in [0.29, 0.717) is 32.3 Å². The molecule has 0 fully saturated rings. The second-order valence-corrected chi connectivity index (χ2v) is 8.19. The maximum absolute atomic E-state index is 5.73. The van der Waals surface area contributed by atoms with Crippen molar-refractivity contribution in [2.75, 3.05) is 33.5 Å². The molecule has 0 unspecified atom stereocenters. The summed E-state index contributed by atoms with van der Waals surface area (Å²) >= 11 is 0. The van der Waals surface area contributed by atoms with Crippen LogP contribution in [0.4, 0.5) is 0 Å². The zero-order valence-corrected chi connectivity index (χ0v) is 15.9. The number of hydrogen-bond donors (Lipinski definition) is 0. The van der Waals surface area contributed by atoms with Crippen molar-refractivity contribution >= 4 is 0 Å². The lowest BCUT2D eigenvalue weighted by molar-refractivity contribution is 0.0544. The molecule has 0 spiro atoms. The number of rotatable bonds is 8. The lowest BCUT2D eigenvalue weighted by Crippen LogP contribution is -2.30. The molecule has 0 N–H and O–H groups in total. The number of benzene rings is 1. The van der Waals surface area contributed by atoms with Gasteiger partial charge in [-0.25, -0.2) is 0 Å². The molecule has 0 radical (unpaired) electrons. The average Bonchev–Trinajstić information content (AvgIpc) is 2.41. The van der Waals surface area contributed by atoms with Gasteiger partial charge in [0.15, 0.2) is 0 Å². The van der Waals surface area contributed by atoms with E-state index in [0.717, 1.165) is 5.75 Å². The van der Waals surface area contributed by atoms with Gasteiger partial charge in [0.1, 0.15) is 12.4 Å². The summed E-state index contributed by atoms with van der Waals surface area (Å²) in [4.78, 5) is 0. The lowest BCUT2D eigenvalue weighted by Gasteiger charge is -2.41. The molecular formula is C20H34O3. The fourth-order valence-corrected chi connectivity index (χ4v) is 3.52. The van der Waals surface area contributed by atoms with Gasteiger partial charge in [-0.1, -0.05) is 53.7 Å². The monoisotopic (exact) mass is 322 g/mol. The normalized spacial score (nSPS) is 12.7. The smallest absolute Gasteiger partial charge is 0.119 e. The van der Waals surface area contributed by atoms with Crippen LogP contribution in [-0.4, -0.2) is 33.5 Å². The van der Waals surface area contributed by atoms with Crippen LogP contribution in [0.25, 0.3) is 0 Å². The van der Waals surface area contributed by atoms with Gasteiger partial charge in [-0.15, -0.1) is 0 Å². The molecule has 0 aliphatic carbocycles. The molecule has 1 aromatic carbocycles. The summed E-state index contributed by atoms with van der Waals surface area (Å²) in [6.07, 6.45) is 0. The standard InChI is InChI=1S/C20H34O3/c1-19(2,3)18(20(4,5)6)16-8-10-17(11-9-16)23-15-14-22-13-12-21-7/h8-11,18H,12-15H2,1-7H3. The van der Waals surface area contributed by atoms with E-state index >= 15 is 0 Å². The highest BCUT2D eigenvalue weighted by Crippen LogP contribution is 2.47. The van der Waals surface area contributed by atoms with Gasteiger partial charge in [-0.3, -0.25) is 0 Å². The van der Waals surface area contributed by atoms with Crippen LogP contribution in [0.5, 0.6) is 5.75 Å². The zero-order valence-electron chi connectivity index (χ0n) is 15.9. The average molecular weight is 322 g/mol. The van der Waals surface area contributed by atoms with Crippen molar-refractivity contribution in [3.8, 4) is 5.75 Å². The van der Waals surface area contributed by atoms with Gasteiger partial charge in [-0.2, -0.15) is 0 Å². The van der Waals surface area contributed by atoms with Gasteiger partial charge in [0.25, 0.3) is 0 Å². The highest BCUT2D eigenvalue weighted by molar-refractivity contribution is 5.31. The third kappa shape index (κ3) is 6.92. The highest BCUT2D eigenvalue weighted by Gasteiger charge is 2.35. The Bertz CT molecular complexity index is 423.